The van der Waals surface area contributed by atoms with Crippen molar-refractivity contribution in [3.05, 3.63) is 36.0 Å². The van der Waals surface area contributed by atoms with Crippen LogP contribution in [0.5, 0.6) is 5.75 Å². The number of ether oxygens (including phenoxy) is 1. The first-order valence-corrected chi connectivity index (χ1v) is 9.14. The third-order valence-electron chi connectivity index (χ3n) is 4.28. The van der Waals surface area contributed by atoms with E-state index < -0.39 is 0 Å². The second-order valence-corrected chi connectivity index (χ2v) is 7.20. The van der Waals surface area contributed by atoms with Crippen molar-refractivity contribution in [2.45, 2.75) is 46.6 Å². The molecular weight excluding hydrogens is 312 g/mol. The summed E-state index contributed by atoms with van der Waals surface area (Å²) in [6.07, 6.45) is 2.68. The number of aromatic nitrogens is 2. The van der Waals surface area contributed by atoms with E-state index in [0.29, 0.717) is 5.92 Å². The predicted octanol–water partition coefficient (Wildman–Crippen LogP) is 4.55. The van der Waals surface area contributed by atoms with E-state index in [-0.39, 0.29) is 6.10 Å². The van der Waals surface area contributed by atoms with Gasteiger partial charge >= 0.3 is 0 Å². The van der Waals surface area contributed by atoms with Crippen molar-refractivity contribution in [1.29, 1.82) is 0 Å². The quantitative estimate of drug-likeness (QED) is 0.865. The van der Waals surface area contributed by atoms with Crippen molar-refractivity contribution in [2.75, 3.05) is 23.3 Å². The van der Waals surface area contributed by atoms with Gasteiger partial charge in [-0.3, -0.25) is 0 Å². The SMILES string of the molecule is Cc1cc(Nc2ccc(OC(C)C)cc2)nc(N2CCCC(C)C2)n1. The van der Waals surface area contributed by atoms with E-state index in [0.717, 1.165) is 42.0 Å². The summed E-state index contributed by atoms with van der Waals surface area (Å²) < 4.78 is 5.69. The fourth-order valence-corrected chi connectivity index (χ4v) is 3.17. The highest BCUT2D eigenvalue weighted by molar-refractivity contribution is 5.58. The lowest BCUT2D eigenvalue weighted by molar-refractivity contribution is 0.242. The predicted molar refractivity (Wildman–Crippen MR) is 103 cm³/mol. The van der Waals surface area contributed by atoms with Crippen molar-refractivity contribution < 1.29 is 4.74 Å². The molecule has 2 aromatic rings. The number of aryl methyl sites for hydroxylation is 1. The molecule has 1 N–H and O–H groups in total. The number of hydrogen-bond acceptors (Lipinski definition) is 5. The highest BCUT2D eigenvalue weighted by Crippen LogP contribution is 2.24. The van der Waals surface area contributed by atoms with Gasteiger partial charge in [-0.25, -0.2) is 4.98 Å². The van der Waals surface area contributed by atoms with E-state index in [9.17, 15) is 0 Å². The summed E-state index contributed by atoms with van der Waals surface area (Å²) in [5, 5.41) is 3.38. The number of nitrogens with one attached hydrogen (secondary N) is 1. The Kier molecular flexibility index (Phi) is 5.41. The molecule has 134 valence electrons. The first kappa shape index (κ1) is 17.5. The summed E-state index contributed by atoms with van der Waals surface area (Å²) in [5.41, 5.74) is 1.97. The molecule has 0 spiro atoms. The van der Waals surface area contributed by atoms with Gasteiger partial charge in [0.15, 0.2) is 0 Å². The zero-order chi connectivity index (χ0) is 17.8. The van der Waals surface area contributed by atoms with Crippen molar-refractivity contribution in [3.8, 4) is 5.75 Å². The van der Waals surface area contributed by atoms with Crippen LogP contribution in [0.4, 0.5) is 17.5 Å². The van der Waals surface area contributed by atoms with Crippen LogP contribution in [0.2, 0.25) is 0 Å². The number of benzene rings is 1. The second-order valence-electron chi connectivity index (χ2n) is 7.20. The molecule has 2 heterocycles. The average Bonchev–Trinajstić information content (AvgIpc) is 2.56. The van der Waals surface area contributed by atoms with Gasteiger partial charge in [-0.1, -0.05) is 6.92 Å². The summed E-state index contributed by atoms with van der Waals surface area (Å²) in [4.78, 5) is 11.7. The molecule has 0 radical (unpaired) electrons. The molecule has 1 saturated heterocycles. The molecule has 0 amide bonds. The zero-order valence-corrected chi connectivity index (χ0v) is 15.6. The number of anilines is 3. The maximum absolute atomic E-state index is 5.69. The normalized spacial score (nSPS) is 17.6. The van der Waals surface area contributed by atoms with Gasteiger partial charge in [0.1, 0.15) is 11.6 Å². The van der Waals surface area contributed by atoms with E-state index in [1.807, 2.05) is 51.1 Å². The molecule has 5 nitrogen and oxygen atoms in total. The van der Waals surface area contributed by atoms with Crippen molar-refractivity contribution in [3.63, 3.8) is 0 Å². The first-order chi connectivity index (χ1) is 12.0. The minimum absolute atomic E-state index is 0.179. The molecule has 5 heteroatoms. The molecule has 1 aliphatic rings. The maximum Gasteiger partial charge on any atom is 0.227 e. The van der Waals surface area contributed by atoms with Gasteiger partial charge in [0.25, 0.3) is 0 Å². The Labute approximate surface area is 150 Å². The van der Waals surface area contributed by atoms with Crippen LogP contribution >= 0.6 is 0 Å². The Morgan fingerprint density at radius 1 is 1.20 bits per heavy atom. The highest BCUT2D eigenvalue weighted by atomic mass is 16.5. The lowest BCUT2D eigenvalue weighted by atomic mass is 10.0. The van der Waals surface area contributed by atoms with Crippen LogP contribution in [0.1, 0.15) is 39.3 Å². The average molecular weight is 340 g/mol. The molecule has 3 rings (SSSR count). The van der Waals surface area contributed by atoms with Gasteiger partial charge in [0, 0.05) is 30.5 Å². The number of hydrogen-bond donors (Lipinski definition) is 1. The van der Waals surface area contributed by atoms with Crippen LogP contribution in [0.3, 0.4) is 0 Å². The number of piperidine rings is 1. The molecule has 1 unspecified atom stereocenters. The van der Waals surface area contributed by atoms with Crippen LogP contribution in [0, 0.1) is 12.8 Å². The third kappa shape index (κ3) is 4.84. The largest absolute Gasteiger partial charge is 0.491 e. The summed E-state index contributed by atoms with van der Waals surface area (Å²) in [5.74, 6) is 3.23. The molecule has 1 fully saturated rings. The fraction of sp³-hybridized carbons (Fsp3) is 0.500. The standard InChI is InChI=1S/C20H28N4O/c1-14(2)25-18-9-7-17(8-10-18)22-19-12-16(4)21-20(23-19)24-11-5-6-15(3)13-24/h7-10,12,14-15H,5-6,11,13H2,1-4H3,(H,21,22,23). The van der Waals surface area contributed by atoms with Gasteiger partial charge in [-0.05, 0) is 63.8 Å². The molecule has 1 aromatic carbocycles. The maximum atomic E-state index is 5.69. The van der Waals surface area contributed by atoms with Gasteiger partial charge in [-0.2, -0.15) is 4.98 Å². The fourth-order valence-electron chi connectivity index (χ4n) is 3.17. The van der Waals surface area contributed by atoms with Gasteiger partial charge in [0.2, 0.25) is 5.95 Å². The molecule has 1 aliphatic heterocycles. The van der Waals surface area contributed by atoms with Crippen LogP contribution in [0.15, 0.2) is 30.3 Å². The molecule has 1 aromatic heterocycles. The molecule has 1 atom stereocenters. The van der Waals surface area contributed by atoms with Crippen LogP contribution < -0.4 is 15.0 Å². The van der Waals surface area contributed by atoms with Gasteiger partial charge in [0.05, 0.1) is 6.10 Å². The minimum atomic E-state index is 0.179. The van der Waals surface area contributed by atoms with Crippen molar-refractivity contribution >= 4 is 17.5 Å². The molecule has 0 saturated carbocycles. The van der Waals surface area contributed by atoms with Gasteiger partial charge in [-0.15, -0.1) is 0 Å². The Morgan fingerprint density at radius 3 is 2.64 bits per heavy atom. The molecule has 25 heavy (non-hydrogen) atoms. The van der Waals surface area contributed by atoms with E-state index in [4.69, 9.17) is 9.72 Å². The van der Waals surface area contributed by atoms with Crippen LogP contribution in [-0.4, -0.2) is 29.2 Å². The second kappa shape index (κ2) is 7.72. The van der Waals surface area contributed by atoms with E-state index in [2.05, 4.69) is 22.1 Å². The zero-order valence-electron chi connectivity index (χ0n) is 15.6. The Hall–Kier alpha value is -2.30. The Balaban J connectivity index is 1.74. The lowest BCUT2D eigenvalue weighted by Gasteiger charge is -2.31. The minimum Gasteiger partial charge on any atom is -0.491 e. The smallest absolute Gasteiger partial charge is 0.227 e. The lowest BCUT2D eigenvalue weighted by Crippen LogP contribution is -2.35. The summed E-state index contributed by atoms with van der Waals surface area (Å²) in [7, 11) is 0. The number of rotatable bonds is 5. The molecule has 0 bridgehead atoms. The van der Waals surface area contributed by atoms with Crippen LogP contribution in [0.25, 0.3) is 0 Å². The summed E-state index contributed by atoms with van der Waals surface area (Å²) >= 11 is 0. The van der Waals surface area contributed by atoms with E-state index in [1.165, 1.54) is 12.8 Å². The van der Waals surface area contributed by atoms with Crippen molar-refractivity contribution in [2.24, 2.45) is 5.92 Å². The first-order valence-electron chi connectivity index (χ1n) is 9.14. The van der Waals surface area contributed by atoms with E-state index >= 15 is 0 Å². The summed E-state index contributed by atoms with van der Waals surface area (Å²) in [6.45, 7) is 10.4. The van der Waals surface area contributed by atoms with Gasteiger partial charge < -0.3 is 15.0 Å². The third-order valence-corrected chi connectivity index (χ3v) is 4.28. The van der Waals surface area contributed by atoms with E-state index in [1.54, 1.807) is 0 Å². The van der Waals surface area contributed by atoms with Crippen molar-refractivity contribution in [1.82, 2.24) is 9.97 Å². The monoisotopic (exact) mass is 340 g/mol. The Bertz CT molecular complexity index is 699. The number of nitrogens with zero attached hydrogens (tertiary/aromatic N) is 3. The summed E-state index contributed by atoms with van der Waals surface area (Å²) in [6, 6.07) is 9.96. The molecule has 0 aliphatic carbocycles. The van der Waals surface area contributed by atoms with Crippen LogP contribution in [-0.2, 0) is 0 Å². The topological polar surface area (TPSA) is 50.3 Å². The highest BCUT2D eigenvalue weighted by Gasteiger charge is 2.19. The molecular formula is C20H28N4O. The Morgan fingerprint density at radius 2 is 1.96 bits per heavy atom.